The average molecular weight is 463 g/mol. The van der Waals surface area contributed by atoms with E-state index in [0.29, 0.717) is 24.1 Å². The molecule has 178 valence electrons. The molecule has 0 bridgehead atoms. The normalized spacial score (nSPS) is 25.4. The molecule has 0 unspecified atom stereocenters. The molecule has 4 N–H and O–H groups in total. The monoisotopic (exact) mass is 463 g/mol. The van der Waals surface area contributed by atoms with E-state index in [1.807, 2.05) is 12.1 Å². The van der Waals surface area contributed by atoms with Gasteiger partial charge in [-0.05, 0) is 12.5 Å². The molecule has 1 aromatic carbocycles. The fourth-order valence-electron chi connectivity index (χ4n) is 3.54. The van der Waals surface area contributed by atoms with E-state index in [-0.39, 0.29) is 19.1 Å². The van der Waals surface area contributed by atoms with Crippen LogP contribution in [0.4, 0.5) is 0 Å². The Labute approximate surface area is 187 Å². The summed E-state index contributed by atoms with van der Waals surface area (Å²) in [5.74, 6) is 0.280. The van der Waals surface area contributed by atoms with Crippen molar-refractivity contribution in [2.75, 3.05) is 13.2 Å². The Balaban J connectivity index is 1.26. The van der Waals surface area contributed by atoms with E-state index >= 15 is 0 Å². The highest BCUT2D eigenvalue weighted by atomic mass is 16.7. The molecule has 0 radical (unpaired) electrons. The molecule has 1 saturated heterocycles. The van der Waals surface area contributed by atoms with Crippen molar-refractivity contribution in [1.29, 1.82) is 0 Å². The van der Waals surface area contributed by atoms with Crippen molar-refractivity contribution < 1.29 is 39.1 Å². The molecule has 1 fully saturated rings. The first-order chi connectivity index (χ1) is 16.0. The second-order valence-electron chi connectivity index (χ2n) is 7.62. The Kier molecular flexibility index (Phi) is 7.33. The molecule has 0 aliphatic carbocycles. The van der Waals surface area contributed by atoms with E-state index in [4.69, 9.17) is 18.6 Å². The second kappa shape index (κ2) is 10.4. The number of hydrogen-bond acceptors (Lipinski definition) is 11. The zero-order valence-corrected chi connectivity index (χ0v) is 17.6. The van der Waals surface area contributed by atoms with Crippen molar-refractivity contribution in [3.8, 4) is 5.88 Å². The SMILES string of the molecule is O=c1cc(COc2cn(CCCO[C@@H]3O[C@H](CO)[C@H](O)[C@H](O)[C@H]3O)nn2)c2ccccc2o1. The molecule has 0 amide bonds. The Morgan fingerprint density at radius 3 is 2.76 bits per heavy atom. The summed E-state index contributed by atoms with van der Waals surface area (Å²) in [6.07, 6.45) is -4.47. The van der Waals surface area contributed by atoms with Gasteiger partial charge in [0.05, 0.1) is 19.4 Å². The van der Waals surface area contributed by atoms with Crippen LogP contribution in [0.1, 0.15) is 12.0 Å². The Bertz CT molecular complexity index is 1120. The number of hydrogen-bond donors (Lipinski definition) is 4. The summed E-state index contributed by atoms with van der Waals surface area (Å²) in [6.45, 7) is 0.178. The number of aliphatic hydroxyl groups is 4. The second-order valence-corrected chi connectivity index (χ2v) is 7.62. The van der Waals surface area contributed by atoms with E-state index in [1.165, 1.54) is 6.07 Å². The van der Waals surface area contributed by atoms with E-state index in [0.717, 1.165) is 5.39 Å². The van der Waals surface area contributed by atoms with Gasteiger partial charge in [0.15, 0.2) is 6.29 Å². The third-order valence-electron chi connectivity index (χ3n) is 5.29. The lowest BCUT2D eigenvalue weighted by Gasteiger charge is -2.39. The highest BCUT2D eigenvalue weighted by Crippen LogP contribution is 2.22. The molecular weight excluding hydrogens is 438 g/mol. The van der Waals surface area contributed by atoms with E-state index in [1.54, 1.807) is 23.0 Å². The summed E-state index contributed by atoms with van der Waals surface area (Å²) in [5.41, 5.74) is 0.686. The molecule has 3 aromatic rings. The van der Waals surface area contributed by atoms with Crippen molar-refractivity contribution >= 4 is 11.0 Å². The van der Waals surface area contributed by atoms with Crippen molar-refractivity contribution in [2.45, 2.75) is 50.3 Å². The summed E-state index contributed by atoms with van der Waals surface area (Å²) in [5, 5.41) is 47.4. The van der Waals surface area contributed by atoms with Crippen molar-refractivity contribution in [1.82, 2.24) is 15.0 Å². The molecule has 5 atom stereocenters. The van der Waals surface area contributed by atoms with E-state index in [2.05, 4.69) is 10.3 Å². The number of ether oxygens (including phenoxy) is 3. The van der Waals surface area contributed by atoms with Gasteiger partial charge >= 0.3 is 5.63 Å². The van der Waals surface area contributed by atoms with Gasteiger partial charge < -0.3 is 39.1 Å². The Morgan fingerprint density at radius 1 is 1.12 bits per heavy atom. The van der Waals surface area contributed by atoms with Crippen molar-refractivity contribution in [2.24, 2.45) is 0 Å². The van der Waals surface area contributed by atoms with Crippen LogP contribution >= 0.6 is 0 Å². The fraction of sp³-hybridized carbons (Fsp3) is 0.476. The van der Waals surface area contributed by atoms with E-state index in [9.17, 15) is 25.2 Å². The van der Waals surface area contributed by atoms with Gasteiger partial charge in [-0.15, -0.1) is 0 Å². The van der Waals surface area contributed by atoms with Crippen molar-refractivity contribution in [3.05, 3.63) is 52.5 Å². The lowest BCUT2D eigenvalue weighted by atomic mass is 9.99. The number of nitrogens with zero attached hydrogens (tertiary/aromatic N) is 3. The molecule has 12 nitrogen and oxygen atoms in total. The molecule has 0 spiro atoms. The summed E-state index contributed by atoms with van der Waals surface area (Å²) >= 11 is 0. The predicted octanol–water partition coefficient (Wildman–Crippen LogP) is -0.830. The van der Waals surface area contributed by atoms with Crippen molar-refractivity contribution in [3.63, 3.8) is 0 Å². The van der Waals surface area contributed by atoms with Crippen LogP contribution in [-0.2, 0) is 22.6 Å². The first kappa shape index (κ1) is 23.3. The number of aryl methyl sites for hydroxylation is 1. The lowest BCUT2D eigenvalue weighted by molar-refractivity contribution is -0.301. The molecule has 2 aromatic heterocycles. The summed E-state index contributed by atoms with van der Waals surface area (Å²) in [6, 6.07) is 8.55. The summed E-state index contributed by atoms with van der Waals surface area (Å²) < 4.78 is 23.1. The van der Waals surface area contributed by atoms with Crippen LogP contribution in [0.3, 0.4) is 0 Å². The quantitative estimate of drug-likeness (QED) is 0.231. The largest absolute Gasteiger partial charge is 0.471 e. The zero-order valence-electron chi connectivity index (χ0n) is 17.6. The molecule has 33 heavy (non-hydrogen) atoms. The van der Waals surface area contributed by atoms with Gasteiger partial charge in [-0.2, -0.15) is 0 Å². The smallest absolute Gasteiger partial charge is 0.336 e. The number of rotatable bonds is 9. The minimum absolute atomic E-state index is 0.116. The van der Waals surface area contributed by atoms with Gasteiger partial charge in [0.2, 0.25) is 0 Å². The zero-order chi connectivity index (χ0) is 23.4. The van der Waals surface area contributed by atoms with Gasteiger partial charge in [-0.25, -0.2) is 9.48 Å². The predicted molar refractivity (Wildman–Crippen MR) is 111 cm³/mol. The molecule has 1 aliphatic rings. The first-order valence-electron chi connectivity index (χ1n) is 10.4. The number of fused-ring (bicyclic) bond motifs is 1. The number of aliphatic hydroxyl groups excluding tert-OH is 4. The minimum atomic E-state index is -1.48. The Morgan fingerprint density at radius 2 is 1.94 bits per heavy atom. The standard InChI is InChI=1S/C21H25N3O9/c25-10-15-18(27)19(28)20(29)21(33-15)30-7-3-6-24-9-16(22-23-24)31-11-12-8-17(26)32-14-5-2-1-4-13(12)14/h1-2,4-5,8-9,15,18-21,25,27-29H,3,6-7,10-11H2/t15-,18+,19+,20-,21-/m1/s1. The number of aromatic nitrogens is 3. The average Bonchev–Trinajstić information content (AvgIpc) is 3.27. The highest BCUT2D eigenvalue weighted by Gasteiger charge is 2.43. The van der Waals surface area contributed by atoms with Crippen LogP contribution in [0, 0.1) is 0 Å². The van der Waals surface area contributed by atoms with Gasteiger partial charge in [-0.1, -0.05) is 28.5 Å². The fourth-order valence-corrected chi connectivity index (χ4v) is 3.54. The third kappa shape index (κ3) is 5.38. The van der Waals surface area contributed by atoms with Gasteiger partial charge in [0.25, 0.3) is 5.88 Å². The maximum atomic E-state index is 11.7. The summed E-state index contributed by atoms with van der Waals surface area (Å²) in [4.78, 5) is 11.7. The third-order valence-corrected chi connectivity index (χ3v) is 5.29. The minimum Gasteiger partial charge on any atom is -0.471 e. The van der Waals surface area contributed by atoms with Crippen LogP contribution in [0.2, 0.25) is 0 Å². The van der Waals surface area contributed by atoms with Gasteiger partial charge in [0, 0.05) is 23.6 Å². The van der Waals surface area contributed by atoms with E-state index < -0.39 is 42.9 Å². The number of benzene rings is 1. The van der Waals surface area contributed by atoms with Crippen LogP contribution in [-0.4, -0.2) is 79.3 Å². The summed E-state index contributed by atoms with van der Waals surface area (Å²) in [7, 11) is 0. The van der Waals surface area contributed by atoms with Crippen LogP contribution in [0.25, 0.3) is 11.0 Å². The molecule has 12 heteroatoms. The van der Waals surface area contributed by atoms with Crippen LogP contribution in [0.5, 0.6) is 5.88 Å². The van der Waals surface area contributed by atoms with Crippen LogP contribution < -0.4 is 10.4 Å². The van der Waals surface area contributed by atoms with Gasteiger partial charge in [-0.3, -0.25) is 0 Å². The maximum Gasteiger partial charge on any atom is 0.336 e. The topological polar surface area (TPSA) is 170 Å². The molecule has 3 heterocycles. The van der Waals surface area contributed by atoms with Crippen LogP contribution in [0.15, 0.2) is 45.7 Å². The number of para-hydroxylation sites is 1. The van der Waals surface area contributed by atoms with Gasteiger partial charge in [0.1, 0.15) is 36.6 Å². The maximum absolute atomic E-state index is 11.7. The molecular formula is C21H25N3O9. The Hall–Kier alpha value is -2.87. The molecule has 0 saturated carbocycles. The first-order valence-corrected chi connectivity index (χ1v) is 10.4. The molecule has 1 aliphatic heterocycles. The highest BCUT2D eigenvalue weighted by molar-refractivity contribution is 5.79. The molecule has 4 rings (SSSR count). The lowest BCUT2D eigenvalue weighted by Crippen LogP contribution is -2.59.